The van der Waals surface area contributed by atoms with Crippen LogP contribution in [0.3, 0.4) is 0 Å². The van der Waals surface area contributed by atoms with E-state index in [2.05, 4.69) is 23.5 Å². The van der Waals surface area contributed by atoms with E-state index in [4.69, 9.17) is 4.98 Å². The lowest BCUT2D eigenvalue weighted by molar-refractivity contribution is 0.670. The molecular weight excluding hydrogens is 346 g/mol. The second kappa shape index (κ2) is 7.42. The molecule has 3 nitrogen and oxygen atoms in total. The SMILES string of the molecule is C=CCSc1ncnc2c1sc1nc(CCCC)c3c(c12)CCCC3. The summed E-state index contributed by atoms with van der Waals surface area (Å²) in [6.07, 6.45) is 12.1. The third-order valence-electron chi connectivity index (χ3n) is 4.88. The second-order valence-corrected chi connectivity index (χ2v) is 8.57. The van der Waals surface area contributed by atoms with Crippen molar-refractivity contribution in [2.75, 3.05) is 5.75 Å². The van der Waals surface area contributed by atoms with Crippen molar-refractivity contribution in [2.45, 2.75) is 56.9 Å². The van der Waals surface area contributed by atoms with Gasteiger partial charge in [0, 0.05) is 16.8 Å². The van der Waals surface area contributed by atoms with Crippen LogP contribution in [0.5, 0.6) is 0 Å². The fraction of sp³-hybridized carbons (Fsp3) is 0.450. The summed E-state index contributed by atoms with van der Waals surface area (Å²) >= 11 is 3.50. The van der Waals surface area contributed by atoms with Crippen LogP contribution in [0, 0.1) is 0 Å². The van der Waals surface area contributed by atoms with Gasteiger partial charge in [-0.3, -0.25) is 0 Å². The number of thioether (sulfide) groups is 1. The number of fused-ring (bicyclic) bond motifs is 5. The van der Waals surface area contributed by atoms with Gasteiger partial charge < -0.3 is 0 Å². The van der Waals surface area contributed by atoms with E-state index in [1.807, 2.05) is 6.08 Å². The average molecular weight is 370 g/mol. The van der Waals surface area contributed by atoms with Gasteiger partial charge in [0.05, 0.1) is 10.2 Å². The van der Waals surface area contributed by atoms with Crippen LogP contribution in [0.4, 0.5) is 0 Å². The molecular formula is C20H23N3S2. The Morgan fingerprint density at radius 2 is 2.08 bits per heavy atom. The molecule has 0 spiro atoms. The molecule has 3 aromatic heterocycles. The molecule has 0 atom stereocenters. The monoisotopic (exact) mass is 369 g/mol. The first-order chi connectivity index (χ1) is 12.3. The van der Waals surface area contributed by atoms with E-state index in [9.17, 15) is 0 Å². The number of unbranched alkanes of at least 4 members (excludes halogenated alkanes) is 1. The van der Waals surface area contributed by atoms with Crippen molar-refractivity contribution in [3.8, 4) is 0 Å². The molecule has 0 fully saturated rings. The Kier molecular flexibility index (Phi) is 5.04. The third kappa shape index (κ3) is 3.08. The van der Waals surface area contributed by atoms with Crippen LogP contribution < -0.4 is 0 Å². The number of aromatic nitrogens is 3. The Hall–Kier alpha value is -1.46. The van der Waals surface area contributed by atoms with Gasteiger partial charge in [0.15, 0.2) is 0 Å². The van der Waals surface area contributed by atoms with Crippen molar-refractivity contribution in [2.24, 2.45) is 0 Å². The van der Waals surface area contributed by atoms with Gasteiger partial charge in [-0.25, -0.2) is 15.0 Å². The summed E-state index contributed by atoms with van der Waals surface area (Å²) in [7, 11) is 0. The third-order valence-corrected chi connectivity index (χ3v) is 7.07. The van der Waals surface area contributed by atoms with Crippen LogP contribution in [-0.2, 0) is 19.3 Å². The van der Waals surface area contributed by atoms with Crippen molar-refractivity contribution in [1.29, 1.82) is 0 Å². The molecule has 0 amide bonds. The van der Waals surface area contributed by atoms with Crippen LogP contribution in [0.15, 0.2) is 24.0 Å². The maximum atomic E-state index is 5.11. The number of hydrogen-bond acceptors (Lipinski definition) is 5. The molecule has 0 N–H and O–H groups in total. The van der Waals surface area contributed by atoms with Gasteiger partial charge in [-0.1, -0.05) is 19.4 Å². The lowest BCUT2D eigenvalue weighted by Gasteiger charge is -2.20. The number of thiophene rings is 1. The zero-order chi connectivity index (χ0) is 17.2. The van der Waals surface area contributed by atoms with Crippen LogP contribution in [-0.4, -0.2) is 20.7 Å². The van der Waals surface area contributed by atoms with Crippen LogP contribution in [0.2, 0.25) is 0 Å². The highest BCUT2D eigenvalue weighted by Gasteiger charge is 2.22. The normalized spacial score (nSPS) is 14.1. The zero-order valence-electron chi connectivity index (χ0n) is 14.7. The molecule has 0 bridgehead atoms. The van der Waals surface area contributed by atoms with Crippen LogP contribution >= 0.6 is 23.1 Å². The molecule has 0 aromatic carbocycles. The van der Waals surface area contributed by atoms with E-state index in [-0.39, 0.29) is 0 Å². The van der Waals surface area contributed by atoms with Gasteiger partial charge in [0.25, 0.3) is 0 Å². The Labute approximate surface area is 157 Å². The predicted octanol–water partition coefficient (Wildman–Crippen LogP) is 5.74. The maximum Gasteiger partial charge on any atom is 0.126 e. The molecule has 1 aliphatic rings. The van der Waals surface area contributed by atoms with Gasteiger partial charge in [-0.15, -0.1) is 29.7 Å². The first-order valence-corrected chi connectivity index (χ1v) is 10.9. The fourth-order valence-electron chi connectivity index (χ4n) is 3.71. The van der Waals surface area contributed by atoms with Gasteiger partial charge in [0.2, 0.25) is 0 Å². The number of rotatable bonds is 6. The highest BCUT2D eigenvalue weighted by molar-refractivity contribution is 7.99. The quantitative estimate of drug-likeness (QED) is 0.315. The van der Waals surface area contributed by atoms with Crippen LogP contribution in [0.25, 0.3) is 20.4 Å². The molecule has 0 aliphatic heterocycles. The molecule has 0 unspecified atom stereocenters. The minimum Gasteiger partial charge on any atom is -0.242 e. The smallest absolute Gasteiger partial charge is 0.126 e. The molecule has 0 radical (unpaired) electrons. The zero-order valence-corrected chi connectivity index (χ0v) is 16.3. The van der Waals surface area contributed by atoms with E-state index in [1.54, 1.807) is 29.4 Å². The van der Waals surface area contributed by atoms with Crippen molar-refractivity contribution in [3.63, 3.8) is 0 Å². The lowest BCUT2D eigenvalue weighted by Crippen LogP contribution is -2.09. The topological polar surface area (TPSA) is 38.7 Å². The largest absolute Gasteiger partial charge is 0.242 e. The van der Waals surface area contributed by atoms with Crippen molar-refractivity contribution >= 4 is 43.5 Å². The molecule has 4 rings (SSSR count). The van der Waals surface area contributed by atoms with Crippen molar-refractivity contribution in [1.82, 2.24) is 15.0 Å². The Bertz CT molecular complexity index is 930. The summed E-state index contributed by atoms with van der Waals surface area (Å²) < 4.78 is 1.19. The lowest BCUT2D eigenvalue weighted by atomic mass is 9.87. The molecule has 0 saturated heterocycles. The Balaban J connectivity index is 1.95. The molecule has 0 saturated carbocycles. The van der Waals surface area contributed by atoms with E-state index >= 15 is 0 Å². The summed E-state index contributed by atoms with van der Waals surface area (Å²) in [5.74, 6) is 0.869. The van der Waals surface area contributed by atoms with Gasteiger partial charge in [-0.05, 0) is 49.7 Å². The van der Waals surface area contributed by atoms with E-state index in [0.717, 1.165) is 27.5 Å². The summed E-state index contributed by atoms with van der Waals surface area (Å²) in [5, 5.41) is 2.37. The number of nitrogens with zero attached hydrogens (tertiary/aromatic N) is 3. The predicted molar refractivity (Wildman–Crippen MR) is 109 cm³/mol. The van der Waals surface area contributed by atoms with E-state index < -0.39 is 0 Å². The summed E-state index contributed by atoms with van der Waals surface area (Å²) in [4.78, 5) is 15.4. The van der Waals surface area contributed by atoms with Crippen LogP contribution in [0.1, 0.15) is 49.4 Å². The first kappa shape index (κ1) is 17.0. The Morgan fingerprint density at radius 3 is 2.88 bits per heavy atom. The molecule has 1 aliphatic carbocycles. The molecule has 25 heavy (non-hydrogen) atoms. The maximum absolute atomic E-state index is 5.11. The molecule has 5 heteroatoms. The number of aryl methyl sites for hydroxylation is 2. The minimum absolute atomic E-state index is 0.869. The summed E-state index contributed by atoms with van der Waals surface area (Å²) in [6, 6.07) is 0. The van der Waals surface area contributed by atoms with Gasteiger partial charge in [-0.2, -0.15) is 0 Å². The highest BCUT2D eigenvalue weighted by Crippen LogP contribution is 2.41. The fourth-order valence-corrected chi connectivity index (χ4v) is 5.70. The standard InChI is InChI=1S/C20H23N3S2/c1-3-5-10-15-13-8-6-7-9-14(13)16-17-18(25-19(16)23-15)20(22-12-21-17)24-11-4-2/h4,12H,2-3,5-11H2,1H3. The molecule has 3 aromatic rings. The first-order valence-electron chi connectivity index (χ1n) is 9.15. The molecule has 3 heterocycles. The van der Waals surface area contributed by atoms with Crippen molar-refractivity contribution in [3.05, 3.63) is 35.8 Å². The van der Waals surface area contributed by atoms with E-state index in [0.29, 0.717) is 0 Å². The summed E-state index contributed by atoms with van der Waals surface area (Å²) in [5.41, 5.74) is 5.48. The molecule has 130 valence electrons. The number of pyridine rings is 1. The highest BCUT2D eigenvalue weighted by atomic mass is 32.2. The van der Waals surface area contributed by atoms with Gasteiger partial charge in [0.1, 0.15) is 16.2 Å². The van der Waals surface area contributed by atoms with E-state index in [1.165, 1.54) is 65.4 Å². The second-order valence-electron chi connectivity index (χ2n) is 6.56. The minimum atomic E-state index is 0.869. The Morgan fingerprint density at radius 1 is 1.24 bits per heavy atom. The van der Waals surface area contributed by atoms with Gasteiger partial charge >= 0.3 is 0 Å². The summed E-state index contributed by atoms with van der Waals surface area (Å²) in [6.45, 7) is 6.08. The average Bonchev–Trinajstić information content (AvgIpc) is 3.03. The van der Waals surface area contributed by atoms with Crippen molar-refractivity contribution < 1.29 is 0 Å². The number of hydrogen-bond donors (Lipinski definition) is 0.